The molecule has 4 fully saturated rings. The van der Waals surface area contributed by atoms with Crippen LogP contribution in [0.15, 0.2) is 125 Å². The van der Waals surface area contributed by atoms with Crippen LogP contribution in [0.2, 0.25) is 0 Å². The Balaban J connectivity index is 0.000000172. The van der Waals surface area contributed by atoms with Crippen molar-refractivity contribution < 1.29 is 31.2 Å². The second-order valence-corrected chi connectivity index (χ2v) is 19.0. The number of nitrogens with one attached hydrogen (secondary N) is 2. The zero-order chi connectivity index (χ0) is 39.4. The van der Waals surface area contributed by atoms with E-state index in [1.54, 1.807) is 98.3 Å². The van der Waals surface area contributed by atoms with Crippen LogP contribution >= 0.6 is 0 Å². The molecule has 4 heterocycles. The number of anilines is 2. The van der Waals surface area contributed by atoms with Gasteiger partial charge in [-0.1, -0.05) is 54.6 Å². The van der Waals surface area contributed by atoms with Crippen LogP contribution in [0.25, 0.3) is 0 Å². The topological polar surface area (TPSA) is 149 Å². The lowest BCUT2D eigenvalue weighted by molar-refractivity contribution is -0.00315. The van der Waals surface area contributed by atoms with E-state index in [0.717, 1.165) is 42.8 Å². The fourth-order valence-corrected chi connectivity index (χ4v) is 10.9. The van der Waals surface area contributed by atoms with Crippen LogP contribution in [0.5, 0.6) is 5.75 Å². The van der Waals surface area contributed by atoms with Crippen molar-refractivity contribution in [2.75, 3.05) is 70.1 Å². The van der Waals surface area contributed by atoms with Crippen molar-refractivity contribution in [3.63, 3.8) is 0 Å². The summed E-state index contributed by atoms with van der Waals surface area (Å²) in [6, 6.07) is 33.5. The van der Waals surface area contributed by atoms with Crippen LogP contribution in [0.3, 0.4) is 0 Å². The number of likely N-dealkylation sites (tertiary alicyclic amines) is 2. The minimum Gasteiger partial charge on any atom is -0.497 e. The van der Waals surface area contributed by atoms with Gasteiger partial charge < -0.3 is 25.2 Å². The van der Waals surface area contributed by atoms with E-state index in [1.807, 2.05) is 42.5 Å². The number of ether oxygens (including phenoxy) is 1. The van der Waals surface area contributed by atoms with Gasteiger partial charge in [-0.2, -0.15) is 8.61 Å². The summed E-state index contributed by atoms with van der Waals surface area (Å²) in [6.07, 6.45) is 3.11. The molecule has 56 heavy (non-hydrogen) atoms. The Bertz CT molecular complexity index is 2180. The highest BCUT2D eigenvalue weighted by Crippen LogP contribution is 2.43. The number of sulfonamides is 2. The molecule has 4 amide bonds. The van der Waals surface area contributed by atoms with Gasteiger partial charge in [0.15, 0.2) is 0 Å². The Kier molecular flexibility index (Phi) is 11.4. The van der Waals surface area contributed by atoms with Crippen molar-refractivity contribution in [2.24, 2.45) is 10.8 Å². The third kappa shape index (κ3) is 8.55. The zero-order valence-electron chi connectivity index (χ0n) is 31.4. The Morgan fingerprint density at radius 3 is 1.21 bits per heavy atom. The van der Waals surface area contributed by atoms with E-state index in [4.69, 9.17) is 4.74 Å². The molecule has 2 spiro atoms. The first kappa shape index (κ1) is 39.3. The molecule has 15 heteroatoms. The lowest BCUT2D eigenvalue weighted by atomic mass is 9.72. The third-order valence-electron chi connectivity index (χ3n) is 11.4. The van der Waals surface area contributed by atoms with E-state index < -0.39 is 20.0 Å². The van der Waals surface area contributed by atoms with Gasteiger partial charge in [-0.25, -0.2) is 26.4 Å². The highest BCUT2D eigenvalue weighted by atomic mass is 32.2. The number of hydrogen-bond acceptors (Lipinski definition) is 7. The summed E-state index contributed by atoms with van der Waals surface area (Å²) in [5.41, 5.74) is 1.59. The van der Waals surface area contributed by atoms with Gasteiger partial charge in [0.25, 0.3) is 0 Å². The molecule has 4 aliphatic rings. The molecule has 0 aliphatic carbocycles. The second kappa shape index (κ2) is 16.3. The maximum Gasteiger partial charge on any atom is 0.321 e. The summed E-state index contributed by atoms with van der Waals surface area (Å²) in [6.45, 7) is 4.69. The summed E-state index contributed by atoms with van der Waals surface area (Å²) in [4.78, 5) is 29.1. The molecule has 4 aliphatic heterocycles. The van der Waals surface area contributed by atoms with Crippen LogP contribution < -0.4 is 15.4 Å². The molecule has 4 aromatic carbocycles. The maximum atomic E-state index is 12.8. The van der Waals surface area contributed by atoms with Crippen molar-refractivity contribution >= 4 is 43.5 Å². The molecule has 4 saturated heterocycles. The van der Waals surface area contributed by atoms with Crippen LogP contribution in [-0.4, -0.2) is 107 Å². The third-order valence-corrected chi connectivity index (χ3v) is 15.2. The Hall–Kier alpha value is -4.96. The average molecular weight is 801 g/mol. The first-order chi connectivity index (χ1) is 26.9. The normalized spacial score (nSPS) is 19.2. The monoisotopic (exact) mass is 800 g/mol. The predicted molar refractivity (Wildman–Crippen MR) is 214 cm³/mol. The lowest BCUT2D eigenvalue weighted by Gasteiger charge is -2.53. The molecule has 0 saturated carbocycles. The number of nitrogens with zero attached hydrogens (tertiary/aromatic N) is 4. The summed E-state index contributed by atoms with van der Waals surface area (Å²) < 4.78 is 59.3. The number of urea groups is 2. The van der Waals surface area contributed by atoms with Crippen LogP contribution in [0.1, 0.15) is 25.7 Å². The number of piperidine rings is 2. The van der Waals surface area contributed by atoms with Crippen LogP contribution in [0, 0.1) is 10.8 Å². The zero-order valence-corrected chi connectivity index (χ0v) is 33.1. The fourth-order valence-electron chi connectivity index (χ4n) is 7.93. The minimum atomic E-state index is -3.44. The highest BCUT2D eigenvalue weighted by Gasteiger charge is 2.49. The predicted octanol–water partition coefficient (Wildman–Crippen LogP) is 6.02. The van der Waals surface area contributed by atoms with E-state index in [1.165, 1.54) is 0 Å². The van der Waals surface area contributed by atoms with E-state index in [2.05, 4.69) is 10.6 Å². The SMILES string of the molecule is COc1ccc(NC(=O)N2CC3(CCN(S(=O)(=O)c4ccccc4)CC3)C2)cc1.O=C(Nc1ccccc1)N1CC2(CCN(S(=O)(=O)c3ccccc3)CC2)C1. The maximum absolute atomic E-state index is 12.8. The molecule has 2 N–H and O–H groups in total. The van der Waals surface area contributed by atoms with Crippen molar-refractivity contribution in [2.45, 2.75) is 35.5 Å². The van der Waals surface area contributed by atoms with E-state index >= 15 is 0 Å². The summed E-state index contributed by atoms with van der Waals surface area (Å²) in [5.74, 6) is 0.739. The van der Waals surface area contributed by atoms with Gasteiger partial charge in [0.2, 0.25) is 20.0 Å². The fraction of sp³-hybridized carbons (Fsp3) is 0.366. The molecule has 0 atom stereocenters. The first-order valence-corrected chi connectivity index (χ1v) is 21.7. The number of benzene rings is 4. The quantitative estimate of drug-likeness (QED) is 0.232. The average Bonchev–Trinajstić information content (AvgIpc) is 3.20. The summed E-state index contributed by atoms with van der Waals surface area (Å²) in [7, 11) is -5.27. The minimum absolute atomic E-state index is 0.0277. The van der Waals surface area contributed by atoms with Crippen LogP contribution in [-0.2, 0) is 20.0 Å². The van der Waals surface area contributed by atoms with Crippen LogP contribution in [0.4, 0.5) is 21.0 Å². The Labute approximate surface area is 329 Å². The van der Waals surface area contributed by atoms with Gasteiger partial charge in [0.1, 0.15) is 5.75 Å². The van der Waals surface area contributed by atoms with Gasteiger partial charge in [0, 0.05) is 74.6 Å². The molecule has 296 valence electrons. The lowest BCUT2D eigenvalue weighted by Crippen LogP contribution is -2.63. The summed E-state index contributed by atoms with van der Waals surface area (Å²) in [5, 5.41) is 5.80. The number of carbonyl (C=O) groups is 2. The molecular weight excluding hydrogens is 753 g/mol. The molecule has 0 bridgehead atoms. The van der Waals surface area contributed by atoms with Crippen molar-refractivity contribution in [1.29, 1.82) is 0 Å². The molecule has 0 unspecified atom stereocenters. The molecular formula is C41H48N6O7S2. The van der Waals surface area contributed by atoms with Gasteiger partial charge in [-0.3, -0.25) is 0 Å². The van der Waals surface area contributed by atoms with Gasteiger partial charge in [-0.15, -0.1) is 0 Å². The molecule has 0 radical (unpaired) electrons. The number of rotatable bonds is 7. The molecule has 4 aromatic rings. The van der Waals surface area contributed by atoms with Gasteiger partial charge in [-0.05, 0) is 86.3 Å². The largest absolute Gasteiger partial charge is 0.497 e. The number of hydrogen-bond donors (Lipinski definition) is 2. The number of methoxy groups -OCH3 is 1. The molecule has 8 rings (SSSR count). The second-order valence-electron chi connectivity index (χ2n) is 15.1. The van der Waals surface area contributed by atoms with E-state index in [0.29, 0.717) is 62.1 Å². The smallest absolute Gasteiger partial charge is 0.321 e. The summed E-state index contributed by atoms with van der Waals surface area (Å²) >= 11 is 0. The molecule has 0 aromatic heterocycles. The van der Waals surface area contributed by atoms with Crippen molar-refractivity contribution in [1.82, 2.24) is 18.4 Å². The number of para-hydroxylation sites is 1. The van der Waals surface area contributed by atoms with E-state index in [9.17, 15) is 26.4 Å². The molecule has 13 nitrogen and oxygen atoms in total. The Morgan fingerprint density at radius 1 is 0.518 bits per heavy atom. The van der Waals surface area contributed by atoms with Crippen molar-refractivity contribution in [3.05, 3.63) is 115 Å². The Morgan fingerprint density at radius 2 is 0.857 bits per heavy atom. The highest BCUT2D eigenvalue weighted by molar-refractivity contribution is 7.89. The first-order valence-electron chi connectivity index (χ1n) is 18.8. The van der Waals surface area contributed by atoms with Gasteiger partial charge >= 0.3 is 12.1 Å². The van der Waals surface area contributed by atoms with Gasteiger partial charge in [0.05, 0.1) is 16.9 Å². The number of carbonyl (C=O) groups excluding carboxylic acids is 2. The standard InChI is InChI=1S/C21H25N3O4S.C20H23N3O3S/c1-28-18-9-7-17(8-10-18)22-20(25)23-15-21(16-23)11-13-24(14-12-21)29(26,27)19-5-3-2-4-6-19;24-19(21-17-7-3-1-4-8-17)22-15-20(16-22)11-13-23(14-12-20)27(25,26)18-9-5-2-6-10-18/h2-10H,11-16H2,1H3,(H,22,25);1-10H,11-16H2,(H,21,24). The van der Waals surface area contributed by atoms with Crippen molar-refractivity contribution in [3.8, 4) is 5.75 Å². The number of amides is 4. The van der Waals surface area contributed by atoms with E-state index in [-0.39, 0.29) is 22.9 Å².